The third kappa shape index (κ3) is 5.57. The monoisotopic (exact) mass is 416 g/mol. The summed E-state index contributed by atoms with van der Waals surface area (Å²) in [4.78, 5) is 15.1. The Bertz CT molecular complexity index is 1110. The highest BCUT2D eigenvalue weighted by atomic mass is 16.6. The Kier molecular flexibility index (Phi) is 6.54. The first-order valence-electron chi connectivity index (χ1n) is 10.3. The first-order valence-corrected chi connectivity index (χ1v) is 10.3. The Morgan fingerprint density at radius 2 is 1.77 bits per heavy atom. The lowest BCUT2D eigenvalue weighted by atomic mass is 9.85. The van der Waals surface area contributed by atoms with Gasteiger partial charge in [0.1, 0.15) is 12.4 Å². The maximum Gasteiger partial charge on any atom is 0.235 e. The largest absolute Gasteiger partial charge is 0.488 e. The Hall–Kier alpha value is -3.47. The summed E-state index contributed by atoms with van der Waals surface area (Å²) in [6.07, 6.45) is 2.37. The highest BCUT2D eigenvalue weighted by Gasteiger charge is 2.17. The molecule has 0 aliphatic carbocycles. The van der Waals surface area contributed by atoms with Crippen molar-refractivity contribution in [2.45, 2.75) is 46.6 Å². The molecule has 5 nitrogen and oxygen atoms in total. The van der Waals surface area contributed by atoms with E-state index in [1.807, 2.05) is 43.3 Å². The van der Waals surface area contributed by atoms with Crippen molar-refractivity contribution in [2.75, 3.05) is 0 Å². The van der Waals surface area contributed by atoms with E-state index in [0.29, 0.717) is 23.6 Å². The van der Waals surface area contributed by atoms with E-state index in [-0.39, 0.29) is 5.41 Å². The standard InChI is InChI=1S/C26H28N2O3/c1-18-15-21(26(3,4)5)11-12-22(18)24-16-25(31-17-20-9-7-6-8-10-20)23(19(2)27-24)13-14-28(29)30/h6-16H,17H2,1-5H3/b14-13+. The van der Waals surface area contributed by atoms with Crippen molar-refractivity contribution in [3.05, 3.63) is 98.9 Å². The molecule has 0 radical (unpaired) electrons. The normalized spacial score (nSPS) is 11.6. The second-order valence-electron chi connectivity index (χ2n) is 8.66. The van der Waals surface area contributed by atoms with Gasteiger partial charge in [-0.2, -0.15) is 0 Å². The quantitative estimate of drug-likeness (QED) is 0.340. The zero-order valence-electron chi connectivity index (χ0n) is 18.7. The molecular weight excluding hydrogens is 388 g/mol. The van der Waals surface area contributed by atoms with Gasteiger partial charge >= 0.3 is 0 Å². The molecular formula is C26H28N2O3. The molecule has 1 heterocycles. The molecule has 0 saturated heterocycles. The number of nitro groups is 1. The van der Waals surface area contributed by atoms with E-state index in [4.69, 9.17) is 9.72 Å². The van der Waals surface area contributed by atoms with Gasteiger partial charge in [0.2, 0.25) is 6.20 Å². The van der Waals surface area contributed by atoms with E-state index in [1.165, 1.54) is 11.6 Å². The first-order chi connectivity index (χ1) is 14.6. The number of rotatable bonds is 6. The van der Waals surface area contributed by atoms with Crippen LogP contribution in [0.1, 0.15) is 48.7 Å². The van der Waals surface area contributed by atoms with Crippen molar-refractivity contribution < 1.29 is 9.66 Å². The summed E-state index contributed by atoms with van der Waals surface area (Å²) in [6, 6.07) is 18.1. The Morgan fingerprint density at radius 3 is 2.39 bits per heavy atom. The van der Waals surface area contributed by atoms with Gasteiger partial charge in [0.25, 0.3) is 0 Å². The predicted molar refractivity (Wildman–Crippen MR) is 125 cm³/mol. The number of hydrogen-bond donors (Lipinski definition) is 0. The minimum Gasteiger partial charge on any atom is -0.488 e. The fourth-order valence-electron chi connectivity index (χ4n) is 3.40. The topological polar surface area (TPSA) is 65.3 Å². The second kappa shape index (κ2) is 9.13. The lowest BCUT2D eigenvalue weighted by Crippen LogP contribution is -2.11. The van der Waals surface area contributed by atoms with Crippen LogP contribution in [0.5, 0.6) is 5.75 Å². The van der Waals surface area contributed by atoms with Gasteiger partial charge in [-0.15, -0.1) is 0 Å². The van der Waals surface area contributed by atoms with Gasteiger partial charge in [-0.3, -0.25) is 15.1 Å². The maximum atomic E-state index is 10.9. The smallest absolute Gasteiger partial charge is 0.235 e. The number of ether oxygens (including phenoxy) is 1. The van der Waals surface area contributed by atoms with Crippen molar-refractivity contribution >= 4 is 6.08 Å². The summed E-state index contributed by atoms with van der Waals surface area (Å²) in [5.74, 6) is 0.573. The molecule has 0 N–H and O–H groups in total. The minimum absolute atomic E-state index is 0.0633. The Balaban J connectivity index is 2.04. The molecule has 0 amide bonds. The Morgan fingerprint density at radius 1 is 1.06 bits per heavy atom. The van der Waals surface area contributed by atoms with Crippen LogP contribution in [0.25, 0.3) is 17.3 Å². The zero-order valence-corrected chi connectivity index (χ0v) is 18.7. The van der Waals surface area contributed by atoms with Gasteiger partial charge in [-0.25, -0.2) is 0 Å². The third-order valence-electron chi connectivity index (χ3n) is 5.18. The van der Waals surface area contributed by atoms with Crippen molar-refractivity contribution in [1.29, 1.82) is 0 Å². The van der Waals surface area contributed by atoms with Crippen molar-refractivity contribution in [3.63, 3.8) is 0 Å². The van der Waals surface area contributed by atoms with Gasteiger partial charge in [0.15, 0.2) is 0 Å². The predicted octanol–water partition coefficient (Wildman–Crippen LogP) is 6.49. The van der Waals surface area contributed by atoms with E-state index in [9.17, 15) is 10.1 Å². The number of hydrogen-bond acceptors (Lipinski definition) is 4. The summed E-state index contributed by atoms with van der Waals surface area (Å²) in [6.45, 7) is 10.9. The number of aromatic nitrogens is 1. The van der Waals surface area contributed by atoms with Crippen LogP contribution in [0.15, 0.2) is 60.8 Å². The van der Waals surface area contributed by atoms with Crippen LogP contribution in [0.2, 0.25) is 0 Å². The van der Waals surface area contributed by atoms with Crippen LogP contribution >= 0.6 is 0 Å². The van der Waals surface area contributed by atoms with Crippen molar-refractivity contribution in [1.82, 2.24) is 4.98 Å². The summed E-state index contributed by atoms with van der Waals surface area (Å²) < 4.78 is 6.10. The van der Waals surface area contributed by atoms with Gasteiger partial charge in [0.05, 0.1) is 10.6 Å². The minimum atomic E-state index is -0.482. The molecule has 5 heteroatoms. The van der Waals surface area contributed by atoms with Crippen LogP contribution < -0.4 is 4.74 Å². The van der Waals surface area contributed by atoms with Crippen LogP contribution in [0.4, 0.5) is 0 Å². The zero-order chi connectivity index (χ0) is 22.6. The number of aryl methyl sites for hydroxylation is 2. The molecule has 0 bridgehead atoms. The lowest BCUT2D eigenvalue weighted by Gasteiger charge is -2.21. The highest BCUT2D eigenvalue weighted by Crippen LogP contribution is 2.33. The Labute approximate surface area is 183 Å². The molecule has 0 saturated carbocycles. The average Bonchev–Trinajstić information content (AvgIpc) is 2.71. The van der Waals surface area contributed by atoms with E-state index in [1.54, 1.807) is 0 Å². The van der Waals surface area contributed by atoms with Crippen LogP contribution in [0.3, 0.4) is 0 Å². The van der Waals surface area contributed by atoms with E-state index in [0.717, 1.165) is 28.6 Å². The molecule has 0 fully saturated rings. The number of nitrogens with zero attached hydrogens (tertiary/aromatic N) is 2. The molecule has 1 aromatic heterocycles. The van der Waals surface area contributed by atoms with E-state index < -0.39 is 4.92 Å². The first kappa shape index (κ1) is 22.2. The average molecular weight is 417 g/mol. The molecule has 160 valence electrons. The van der Waals surface area contributed by atoms with E-state index in [2.05, 4.69) is 45.9 Å². The van der Waals surface area contributed by atoms with Crippen LogP contribution in [0, 0.1) is 24.0 Å². The molecule has 3 rings (SSSR count). The molecule has 0 unspecified atom stereocenters. The summed E-state index contributed by atoms with van der Waals surface area (Å²) in [5.41, 5.74) is 6.57. The van der Waals surface area contributed by atoms with Crippen LogP contribution in [-0.4, -0.2) is 9.91 Å². The van der Waals surface area contributed by atoms with E-state index >= 15 is 0 Å². The highest BCUT2D eigenvalue weighted by molar-refractivity contribution is 5.70. The lowest BCUT2D eigenvalue weighted by molar-refractivity contribution is -0.400. The van der Waals surface area contributed by atoms with Gasteiger partial charge in [0, 0.05) is 29.0 Å². The van der Waals surface area contributed by atoms with Gasteiger partial charge in [-0.1, -0.05) is 69.3 Å². The fraction of sp³-hybridized carbons (Fsp3) is 0.269. The molecule has 0 atom stereocenters. The number of pyridine rings is 1. The maximum absolute atomic E-state index is 10.9. The SMILES string of the molecule is Cc1cc(C(C)(C)C)ccc1-c1cc(OCc2ccccc2)c(/C=C/[N+](=O)[O-])c(C)n1. The molecule has 3 aromatic rings. The van der Waals surface area contributed by atoms with Crippen molar-refractivity contribution in [3.8, 4) is 17.0 Å². The second-order valence-corrected chi connectivity index (χ2v) is 8.66. The molecule has 0 spiro atoms. The number of benzene rings is 2. The summed E-state index contributed by atoms with van der Waals surface area (Å²) >= 11 is 0. The van der Waals surface area contributed by atoms with Crippen molar-refractivity contribution in [2.24, 2.45) is 0 Å². The summed E-state index contributed by atoms with van der Waals surface area (Å²) in [5, 5.41) is 10.9. The fourth-order valence-corrected chi connectivity index (χ4v) is 3.40. The molecule has 0 aliphatic heterocycles. The molecule has 0 aliphatic rings. The molecule has 2 aromatic carbocycles. The van der Waals surface area contributed by atoms with Gasteiger partial charge < -0.3 is 4.74 Å². The third-order valence-corrected chi connectivity index (χ3v) is 5.18. The molecule has 31 heavy (non-hydrogen) atoms. The van der Waals surface area contributed by atoms with Gasteiger partial charge in [-0.05, 0) is 36.0 Å². The van der Waals surface area contributed by atoms with Crippen LogP contribution in [-0.2, 0) is 12.0 Å². The summed E-state index contributed by atoms with van der Waals surface area (Å²) in [7, 11) is 0.